The smallest absolute Gasteiger partial charge is 0.151 e. The van der Waals surface area contributed by atoms with Gasteiger partial charge in [-0.1, -0.05) is 0 Å². The van der Waals surface area contributed by atoms with Gasteiger partial charge in [0.15, 0.2) is 5.82 Å². The van der Waals surface area contributed by atoms with E-state index in [0.29, 0.717) is 12.4 Å². The summed E-state index contributed by atoms with van der Waals surface area (Å²) in [5.74, 6) is 0.0176. The summed E-state index contributed by atoms with van der Waals surface area (Å²) in [6, 6.07) is 1.21. The third kappa shape index (κ3) is 2.56. The number of aliphatic hydroxyl groups excluding tert-OH is 1. The van der Waals surface area contributed by atoms with Gasteiger partial charge in [-0.3, -0.25) is 0 Å². The highest BCUT2D eigenvalue weighted by atomic mass is 19.1. The fourth-order valence-corrected chi connectivity index (χ4v) is 1.25. The van der Waals surface area contributed by atoms with Crippen LogP contribution in [-0.2, 0) is 0 Å². The molecule has 4 nitrogen and oxygen atoms in total. The summed E-state index contributed by atoms with van der Waals surface area (Å²) < 4.78 is 12.7. The number of nitrogen functional groups attached to an aromatic ring is 1. The van der Waals surface area contributed by atoms with Crippen molar-refractivity contribution in [2.24, 2.45) is 0 Å². The molecule has 1 aromatic heterocycles. The van der Waals surface area contributed by atoms with Gasteiger partial charge in [-0.2, -0.15) is 0 Å². The number of halogens is 1. The van der Waals surface area contributed by atoms with Crippen molar-refractivity contribution in [3.8, 4) is 0 Å². The maximum absolute atomic E-state index is 12.7. The van der Waals surface area contributed by atoms with Crippen molar-refractivity contribution in [2.45, 2.75) is 13.0 Å². The Kier molecular flexibility index (Phi) is 3.24. The molecule has 0 fully saturated rings. The van der Waals surface area contributed by atoms with E-state index in [-0.39, 0.29) is 5.69 Å². The number of nitrogens with zero attached hydrogens (tertiary/aromatic N) is 2. The fourth-order valence-electron chi connectivity index (χ4n) is 1.25. The summed E-state index contributed by atoms with van der Waals surface area (Å²) in [4.78, 5) is 5.53. The molecule has 0 amide bonds. The van der Waals surface area contributed by atoms with Gasteiger partial charge in [-0.25, -0.2) is 9.37 Å². The number of aromatic nitrogens is 1. The standard InChI is InChI=1S/C9H14FN3O/c1-6(14)5-13(2)9-8(11)3-7(10)4-12-9/h3-4,6,14H,5,11H2,1-2H3. The number of rotatable bonds is 3. The second-order valence-corrected chi connectivity index (χ2v) is 3.30. The first-order chi connectivity index (χ1) is 6.50. The van der Waals surface area contributed by atoms with E-state index < -0.39 is 11.9 Å². The van der Waals surface area contributed by atoms with Gasteiger partial charge in [0.05, 0.1) is 18.0 Å². The number of nitrogens with two attached hydrogens (primary N) is 1. The molecular formula is C9H14FN3O. The van der Waals surface area contributed by atoms with Crippen LogP contribution in [0.15, 0.2) is 12.3 Å². The fraction of sp³-hybridized carbons (Fsp3) is 0.444. The first kappa shape index (κ1) is 10.7. The molecule has 1 aromatic rings. The highest BCUT2D eigenvalue weighted by molar-refractivity contribution is 5.61. The van der Waals surface area contributed by atoms with Crippen molar-refractivity contribution >= 4 is 11.5 Å². The minimum Gasteiger partial charge on any atom is -0.396 e. The highest BCUT2D eigenvalue weighted by Crippen LogP contribution is 2.19. The Hall–Kier alpha value is -1.36. The predicted octanol–water partition coefficient (Wildman–Crippen LogP) is 0.620. The molecule has 78 valence electrons. The molecule has 0 aliphatic heterocycles. The van der Waals surface area contributed by atoms with Crippen molar-refractivity contribution in [2.75, 3.05) is 24.2 Å². The quantitative estimate of drug-likeness (QED) is 0.749. The maximum Gasteiger partial charge on any atom is 0.151 e. The molecule has 0 spiro atoms. The average Bonchev–Trinajstić information content (AvgIpc) is 2.01. The molecule has 0 saturated carbocycles. The third-order valence-corrected chi connectivity index (χ3v) is 1.76. The molecule has 0 radical (unpaired) electrons. The van der Waals surface area contributed by atoms with Gasteiger partial charge in [-0.15, -0.1) is 0 Å². The molecule has 0 aromatic carbocycles. The molecule has 1 atom stereocenters. The normalized spacial score (nSPS) is 12.6. The van der Waals surface area contributed by atoms with Gasteiger partial charge in [0.25, 0.3) is 0 Å². The van der Waals surface area contributed by atoms with Crippen LogP contribution in [0, 0.1) is 5.82 Å². The largest absolute Gasteiger partial charge is 0.396 e. The van der Waals surface area contributed by atoms with Crippen molar-refractivity contribution < 1.29 is 9.50 Å². The number of hydrogen-bond acceptors (Lipinski definition) is 4. The van der Waals surface area contributed by atoms with E-state index in [0.717, 1.165) is 6.20 Å². The molecule has 0 saturated heterocycles. The first-order valence-corrected chi connectivity index (χ1v) is 4.31. The third-order valence-electron chi connectivity index (χ3n) is 1.76. The molecule has 0 aliphatic carbocycles. The van der Waals surface area contributed by atoms with Gasteiger partial charge in [-0.05, 0) is 6.92 Å². The second-order valence-electron chi connectivity index (χ2n) is 3.30. The van der Waals surface area contributed by atoms with Gasteiger partial charge in [0, 0.05) is 19.7 Å². The highest BCUT2D eigenvalue weighted by Gasteiger charge is 2.09. The van der Waals surface area contributed by atoms with Gasteiger partial charge < -0.3 is 15.7 Å². The minimum absolute atomic E-state index is 0.271. The van der Waals surface area contributed by atoms with Crippen LogP contribution >= 0.6 is 0 Å². The van der Waals surface area contributed by atoms with Crippen LogP contribution in [0.5, 0.6) is 0 Å². The van der Waals surface area contributed by atoms with Gasteiger partial charge >= 0.3 is 0 Å². The lowest BCUT2D eigenvalue weighted by molar-refractivity contribution is 0.201. The summed E-state index contributed by atoms with van der Waals surface area (Å²) in [6.07, 6.45) is 0.621. The second kappa shape index (κ2) is 4.23. The van der Waals surface area contributed by atoms with E-state index in [2.05, 4.69) is 4.98 Å². The molecule has 14 heavy (non-hydrogen) atoms. The van der Waals surface area contributed by atoms with E-state index in [1.807, 2.05) is 0 Å². The van der Waals surface area contributed by atoms with Crippen molar-refractivity contribution in [3.63, 3.8) is 0 Å². The number of likely N-dealkylation sites (N-methyl/N-ethyl adjacent to an activating group) is 1. The monoisotopic (exact) mass is 199 g/mol. The lowest BCUT2D eigenvalue weighted by Gasteiger charge is -2.20. The van der Waals surface area contributed by atoms with E-state index in [4.69, 9.17) is 10.8 Å². The summed E-state index contributed by atoms with van der Waals surface area (Å²) in [5, 5.41) is 9.15. The van der Waals surface area contributed by atoms with Crippen molar-refractivity contribution in [3.05, 3.63) is 18.1 Å². The molecule has 5 heteroatoms. The van der Waals surface area contributed by atoms with Crippen molar-refractivity contribution in [1.82, 2.24) is 4.98 Å². The Morgan fingerprint density at radius 2 is 2.36 bits per heavy atom. The molecule has 3 N–H and O–H groups in total. The lowest BCUT2D eigenvalue weighted by atomic mass is 10.3. The Morgan fingerprint density at radius 3 is 2.86 bits per heavy atom. The summed E-state index contributed by atoms with van der Waals surface area (Å²) in [6.45, 7) is 2.07. The molecule has 1 rings (SSSR count). The van der Waals surface area contributed by atoms with E-state index in [1.54, 1.807) is 18.9 Å². The molecule has 1 unspecified atom stereocenters. The average molecular weight is 199 g/mol. The van der Waals surface area contributed by atoms with Crippen LogP contribution in [0.25, 0.3) is 0 Å². The minimum atomic E-state index is -0.480. The topological polar surface area (TPSA) is 62.4 Å². The molecular weight excluding hydrogens is 185 g/mol. The Morgan fingerprint density at radius 1 is 1.71 bits per heavy atom. The zero-order valence-corrected chi connectivity index (χ0v) is 8.24. The predicted molar refractivity (Wildman–Crippen MR) is 53.6 cm³/mol. The molecule has 0 bridgehead atoms. The molecule has 0 aliphatic rings. The zero-order chi connectivity index (χ0) is 10.7. The van der Waals surface area contributed by atoms with Crippen LogP contribution in [0.2, 0.25) is 0 Å². The first-order valence-electron chi connectivity index (χ1n) is 4.31. The number of aliphatic hydroxyl groups is 1. The Labute approximate surface area is 82.2 Å². The number of anilines is 2. The molecule has 1 heterocycles. The van der Waals surface area contributed by atoms with E-state index in [9.17, 15) is 4.39 Å². The van der Waals surface area contributed by atoms with Gasteiger partial charge in [0.1, 0.15) is 5.82 Å². The number of hydrogen-bond donors (Lipinski definition) is 2. The van der Waals surface area contributed by atoms with Gasteiger partial charge in [0.2, 0.25) is 0 Å². The van der Waals surface area contributed by atoms with Crippen LogP contribution in [0.4, 0.5) is 15.9 Å². The Bertz CT molecular complexity index is 317. The Balaban J connectivity index is 2.84. The van der Waals surface area contributed by atoms with E-state index >= 15 is 0 Å². The van der Waals surface area contributed by atoms with E-state index in [1.165, 1.54) is 6.07 Å². The summed E-state index contributed by atoms with van der Waals surface area (Å²) >= 11 is 0. The maximum atomic E-state index is 12.7. The van der Waals surface area contributed by atoms with Crippen LogP contribution < -0.4 is 10.6 Å². The van der Waals surface area contributed by atoms with Crippen LogP contribution in [0.1, 0.15) is 6.92 Å². The number of pyridine rings is 1. The zero-order valence-electron chi connectivity index (χ0n) is 8.24. The summed E-state index contributed by atoms with van der Waals surface area (Å²) in [5.41, 5.74) is 5.84. The van der Waals surface area contributed by atoms with Crippen molar-refractivity contribution in [1.29, 1.82) is 0 Å². The SMILES string of the molecule is CC(O)CN(C)c1ncc(F)cc1N. The summed E-state index contributed by atoms with van der Waals surface area (Å²) in [7, 11) is 1.74. The lowest BCUT2D eigenvalue weighted by Crippen LogP contribution is -2.28. The van der Waals surface area contributed by atoms with Crippen LogP contribution in [0.3, 0.4) is 0 Å². The van der Waals surface area contributed by atoms with Crippen LogP contribution in [-0.4, -0.2) is 29.8 Å².